The van der Waals surface area contributed by atoms with Gasteiger partial charge in [-0.05, 0) is 18.2 Å². The van der Waals surface area contributed by atoms with Crippen molar-refractivity contribution in [3.05, 3.63) is 29.6 Å². The number of nitrogens with zero attached hydrogens (tertiary/aromatic N) is 1. The molecule has 0 N–H and O–H groups in total. The predicted octanol–water partition coefficient (Wildman–Crippen LogP) is 1.29. The Morgan fingerprint density at radius 3 is 2.79 bits per heavy atom. The number of fused-ring (bicyclic) bond motifs is 1. The average molecular weight is 330 g/mol. The lowest BCUT2D eigenvalue weighted by Gasteiger charge is -2.18. The van der Waals surface area contributed by atoms with Crippen LogP contribution in [-0.2, 0) is 14.3 Å². The molecule has 0 radical (unpaired) electrons. The Kier molecular flexibility index (Phi) is 3.66. The van der Waals surface area contributed by atoms with Gasteiger partial charge in [0.1, 0.15) is 10.6 Å². The van der Waals surface area contributed by atoms with Crippen LogP contribution in [0.4, 0.5) is 10.1 Å². The minimum Gasteiger partial charge on any atom is -0.468 e. The van der Waals surface area contributed by atoms with Crippen molar-refractivity contribution in [2.45, 2.75) is 4.83 Å². The minimum absolute atomic E-state index is 0.00886. The SMILES string of the molecule is COC(=O)C(Br)CN1C(=O)C(=O)c2cc(F)ccc21. The third-order valence-electron chi connectivity index (χ3n) is 2.73. The standard InChI is InChI=1S/C12H9BrFNO4/c1-19-12(18)8(13)5-15-9-3-2-6(14)4-7(9)10(16)11(15)17/h2-4,8H,5H2,1H3. The molecule has 1 heterocycles. The third-order valence-corrected chi connectivity index (χ3v) is 3.40. The molecule has 1 unspecified atom stereocenters. The molecule has 0 saturated carbocycles. The van der Waals surface area contributed by atoms with Gasteiger partial charge in [0.15, 0.2) is 0 Å². The van der Waals surface area contributed by atoms with Crippen LogP contribution in [0.2, 0.25) is 0 Å². The quantitative estimate of drug-likeness (QED) is 0.476. The molecule has 0 aromatic heterocycles. The van der Waals surface area contributed by atoms with Gasteiger partial charge in [-0.25, -0.2) is 4.39 Å². The molecule has 1 aliphatic heterocycles. The van der Waals surface area contributed by atoms with Crippen molar-refractivity contribution in [1.29, 1.82) is 0 Å². The largest absolute Gasteiger partial charge is 0.468 e. The number of methoxy groups -OCH3 is 1. The first kappa shape index (κ1) is 13.7. The number of ether oxygens (including phenoxy) is 1. The second-order valence-electron chi connectivity index (χ2n) is 3.90. The number of alkyl halides is 1. The topological polar surface area (TPSA) is 63.7 Å². The first-order valence-electron chi connectivity index (χ1n) is 5.33. The van der Waals surface area contributed by atoms with Gasteiger partial charge in [0, 0.05) is 6.54 Å². The summed E-state index contributed by atoms with van der Waals surface area (Å²) in [5, 5.41) is 0. The highest BCUT2D eigenvalue weighted by molar-refractivity contribution is 9.10. The predicted molar refractivity (Wildman–Crippen MR) is 67.8 cm³/mol. The summed E-state index contributed by atoms with van der Waals surface area (Å²) in [5.41, 5.74) is 0.305. The molecule has 1 atom stereocenters. The van der Waals surface area contributed by atoms with Crippen LogP contribution in [0, 0.1) is 5.82 Å². The van der Waals surface area contributed by atoms with Crippen molar-refractivity contribution < 1.29 is 23.5 Å². The number of hydrogen-bond donors (Lipinski definition) is 0. The molecule has 1 aromatic carbocycles. The zero-order valence-electron chi connectivity index (χ0n) is 9.85. The van der Waals surface area contributed by atoms with Gasteiger partial charge < -0.3 is 9.64 Å². The van der Waals surface area contributed by atoms with E-state index in [2.05, 4.69) is 20.7 Å². The summed E-state index contributed by atoms with van der Waals surface area (Å²) in [6, 6.07) is 3.50. The van der Waals surface area contributed by atoms with E-state index in [-0.39, 0.29) is 12.1 Å². The highest BCUT2D eigenvalue weighted by atomic mass is 79.9. The van der Waals surface area contributed by atoms with Gasteiger partial charge in [-0.3, -0.25) is 14.4 Å². The third kappa shape index (κ3) is 2.37. The zero-order chi connectivity index (χ0) is 14.2. The first-order valence-corrected chi connectivity index (χ1v) is 6.25. The van der Waals surface area contributed by atoms with Crippen LogP contribution >= 0.6 is 15.9 Å². The lowest BCUT2D eigenvalue weighted by molar-refractivity contribution is -0.139. The van der Waals surface area contributed by atoms with Crippen molar-refractivity contribution in [3.63, 3.8) is 0 Å². The molecule has 2 rings (SSSR count). The summed E-state index contributed by atoms with van der Waals surface area (Å²) in [4.78, 5) is 35.2. The first-order chi connectivity index (χ1) is 8.95. The number of amides is 1. The van der Waals surface area contributed by atoms with E-state index in [1.165, 1.54) is 13.2 Å². The number of carbonyl (C=O) groups excluding carboxylic acids is 3. The molecule has 0 bridgehead atoms. The number of carbonyl (C=O) groups is 3. The number of hydrogen-bond acceptors (Lipinski definition) is 4. The Morgan fingerprint density at radius 2 is 2.16 bits per heavy atom. The summed E-state index contributed by atoms with van der Waals surface area (Å²) in [5.74, 6) is -2.71. The number of benzene rings is 1. The lowest BCUT2D eigenvalue weighted by Crippen LogP contribution is -2.37. The van der Waals surface area contributed by atoms with Crippen molar-refractivity contribution >= 4 is 39.3 Å². The van der Waals surface area contributed by atoms with Crippen LogP contribution in [0.1, 0.15) is 10.4 Å². The summed E-state index contributed by atoms with van der Waals surface area (Å²) >= 11 is 3.07. The Morgan fingerprint density at radius 1 is 1.47 bits per heavy atom. The van der Waals surface area contributed by atoms with E-state index in [0.717, 1.165) is 17.0 Å². The summed E-state index contributed by atoms with van der Waals surface area (Å²) in [6.07, 6.45) is 0. The van der Waals surface area contributed by atoms with Crippen molar-refractivity contribution in [2.24, 2.45) is 0 Å². The van der Waals surface area contributed by atoms with E-state index in [4.69, 9.17) is 0 Å². The van der Waals surface area contributed by atoms with E-state index in [1.807, 2.05) is 0 Å². The Bertz CT molecular complexity index is 575. The number of ketones is 1. The maximum atomic E-state index is 13.1. The van der Waals surface area contributed by atoms with Gasteiger partial charge in [0.25, 0.3) is 11.7 Å². The van der Waals surface area contributed by atoms with Gasteiger partial charge in [0.05, 0.1) is 18.4 Å². The van der Waals surface area contributed by atoms with Crippen molar-refractivity contribution in [1.82, 2.24) is 0 Å². The number of rotatable bonds is 3. The lowest BCUT2D eigenvalue weighted by atomic mass is 10.1. The molecular formula is C12H9BrFNO4. The van der Waals surface area contributed by atoms with Crippen molar-refractivity contribution in [2.75, 3.05) is 18.6 Å². The molecule has 5 nitrogen and oxygen atoms in total. The molecule has 0 aliphatic carbocycles. The van der Waals surface area contributed by atoms with E-state index in [1.54, 1.807) is 0 Å². The monoisotopic (exact) mass is 329 g/mol. The maximum Gasteiger partial charge on any atom is 0.321 e. The van der Waals surface area contributed by atoms with Gasteiger partial charge in [0.2, 0.25) is 0 Å². The molecule has 1 aliphatic rings. The summed E-state index contributed by atoms with van der Waals surface area (Å²) < 4.78 is 17.6. The van der Waals surface area contributed by atoms with E-state index in [9.17, 15) is 18.8 Å². The van der Waals surface area contributed by atoms with Crippen LogP contribution < -0.4 is 4.90 Å². The van der Waals surface area contributed by atoms with Gasteiger partial charge in [-0.15, -0.1) is 0 Å². The number of Topliss-reactive ketones (excluding diaryl/α,β-unsaturated/α-hetero) is 1. The summed E-state index contributed by atoms with van der Waals surface area (Å²) in [7, 11) is 1.22. The van der Waals surface area contributed by atoms with Gasteiger partial charge in [-0.2, -0.15) is 0 Å². The van der Waals surface area contributed by atoms with Crippen LogP contribution in [0.5, 0.6) is 0 Å². The fourth-order valence-corrected chi connectivity index (χ4v) is 2.29. The molecular weight excluding hydrogens is 321 g/mol. The highest BCUT2D eigenvalue weighted by Gasteiger charge is 2.37. The second kappa shape index (κ2) is 5.08. The number of esters is 1. The highest BCUT2D eigenvalue weighted by Crippen LogP contribution is 2.30. The number of anilines is 1. The normalized spacial score (nSPS) is 15.4. The molecule has 0 saturated heterocycles. The molecule has 100 valence electrons. The van der Waals surface area contributed by atoms with Crippen LogP contribution in [0.25, 0.3) is 0 Å². The number of halogens is 2. The van der Waals surface area contributed by atoms with E-state index < -0.39 is 28.3 Å². The Labute approximate surface area is 116 Å². The van der Waals surface area contributed by atoms with Gasteiger partial charge >= 0.3 is 5.97 Å². The Balaban J connectivity index is 2.31. The van der Waals surface area contributed by atoms with E-state index >= 15 is 0 Å². The fraction of sp³-hybridized carbons (Fsp3) is 0.250. The molecule has 19 heavy (non-hydrogen) atoms. The van der Waals surface area contributed by atoms with Crippen LogP contribution in [0.15, 0.2) is 18.2 Å². The molecule has 1 aromatic rings. The minimum atomic E-state index is -0.783. The Hall–Kier alpha value is -1.76. The van der Waals surface area contributed by atoms with E-state index in [0.29, 0.717) is 5.69 Å². The molecule has 1 amide bonds. The zero-order valence-corrected chi connectivity index (χ0v) is 11.4. The van der Waals surface area contributed by atoms with Crippen LogP contribution in [-0.4, -0.2) is 36.1 Å². The second-order valence-corrected chi connectivity index (χ2v) is 5.00. The molecule has 0 fully saturated rings. The maximum absolute atomic E-state index is 13.1. The van der Waals surface area contributed by atoms with Gasteiger partial charge in [-0.1, -0.05) is 15.9 Å². The smallest absolute Gasteiger partial charge is 0.321 e. The molecule has 7 heteroatoms. The van der Waals surface area contributed by atoms with Crippen LogP contribution in [0.3, 0.4) is 0 Å². The van der Waals surface area contributed by atoms with Crippen molar-refractivity contribution in [3.8, 4) is 0 Å². The average Bonchev–Trinajstić information content (AvgIpc) is 2.62. The fourth-order valence-electron chi connectivity index (χ4n) is 1.82. The molecule has 0 spiro atoms. The summed E-state index contributed by atoms with van der Waals surface area (Å²) in [6.45, 7) is -0.0596.